The van der Waals surface area contributed by atoms with Crippen molar-refractivity contribution in [3.05, 3.63) is 146 Å². The van der Waals surface area contributed by atoms with Crippen molar-refractivity contribution in [3.63, 3.8) is 0 Å². The Morgan fingerprint density at radius 3 is 1.92 bits per heavy atom. The van der Waals surface area contributed by atoms with Gasteiger partial charge in [0.1, 0.15) is 11.6 Å². The highest BCUT2D eigenvalue weighted by Gasteiger charge is 2.16. The summed E-state index contributed by atoms with van der Waals surface area (Å²) in [4.78, 5) is 11.8. The monoisotopic (exact) mass is 491 g/mol. The molecule has 0 aliphatic heterocycles. The molecular formula is C34H25N3O. The smallest absolute Gasteiger partial charge is 0.137 e. The number of phenolic OH excluding ortho intramolecular Hbond substituents is 1. The lowest BCUT2D eigenvalue weighted by Crippen LogP contribution is -2.11. The van der Waals surface area contributed by atoms with E-state index in [9.17, 15) is 5.11 Å². The minimum absolute atomic E-state index is 0.204. The number of anilines is 3. The molecule has 0 saturated carbocycles. The molecule has 0 unspecified atom stereocenters. The molecule has 0 saturated heterocycles. The Morgan fingerprint density at radius 1 is 0.500 bits per heavy atom. The van der Waals surface area contributed by atoms with E-state index in [1.54, 1.807) is 12.3 Å². The first-order valence-corrected chi connectivity index (χ1v) is 12.5. The standard InChI is InChI=1S/C34H25N3O/c38-33-19-8-7-18-30(33)32-24-27(25-12-3-1-4-13-25)23-31(36-32)26-14-11-17-29(22-26)37(28-15-5-2-6-16-28)34-20-9-10-21-35-34/h1-24,38H. The van der Waals surface area contributed by atoms with Crippen LogP contribution in [0, 0.1) is 0 Å². The Hall–Kier alpha value is -5.22. The Morgan fingerprint density at radius 2 is 1.16 bits per heavy atom. The summed E-state index contributed by atoms with van der Waals surface area (Å²) in [6.07, 6.45) is 1.80. The summed E-state index contributed by atoms with van der Waals surface area (Å²) in [5.41, 5.74) is 7.31. The van der Waals surface area contributed by atoms with Crippen LogP contribution in [0.5, 0.6) is 5.75 Å². The van der Waals surface area contributed by atoms with Gasteiger partial charge < -0.3 is 5.11 Å². The van der Waals surface area contributed by atoms with Gasteiger partial charge in [-0.25, -0.2) is 9.97 Å². The van der Waals surface area contributed by atoms with Gasteiger partial charge in [-0.05, 0) is 71.8 Å². The lowest BCUT2D eigenvalue weighted by Gasteiger charge is -2.24. The maximum atomic E-state index is 10.6. The van der Waals surface area contributed by atoms with E-state index in [2.05, 4.69) is 58.4 Å². The van der Waals surface area contributed by atoms with Crippen molar-refractivity contribution >= 4 is 17.2 Å². The van der Waals surface area contributed by atoms with Gasteiger partial charge in [0.2, 0.25) is 0 Å². The number of phenols is 1. The van der Waals surface area contributed by atoms with Crippen LogP contribution in [0.15, 0.2) is 146 Å². The second-order valence-electron chi connectivity index (χ2n) is 8.92. The van der Waals surface area contributed by atoms with Gasteiger partial charge in [-0.2, -0.15) is 0 Å². The number of nitrogens with zero attached hydrogens (tertiary/aromatic N) is 3. The third kappa shape index (κ3) is 4.75. The highest BCUT2D eigenvalue weighted by molar-refractivity contribution is 5.81. The first-order valence-electron chi connectivity index (χ1n) is 12.5. The fourth-order valence-electron chi connectivity index (χ4n) is 4.58. The van der Waals surface area contributed by atoms with Crippen molar-refractivity contribution in [2.45, 2.75) is 0 Å². The average Bonchev–Trinajstić information content (AvgIpc) is 2.99. The molecule has 4 aromatic carbocycles. The second-order valence-corrected chi connectivity index (χ2v) is 8.92. The predicted molar refractivity (Wildman–Crippen MR) is 155 cm³/mol. The van der Waals surface area contributed by atoms with Crippen LogP contribution in [0.3, 0.4) is 0 Å². The van der Waals surface area contributed by atoms with E-state index >= 15 is 0 Å². The molecule has 2 heterocycles. The molecule has 2 aromatic heterocycles. The van der Waals surface area contributed by atoms with E-state index in [-0.39, 0.29) is 5.75 Å². The molecule has 0 bridgehead atoms. The van der Waals surface area contributed by atoms with Crippen molar-refractivity contribution in [1.29, 1.82) is 0 Å². The second kappa shape index (κ2) is 10.4. The zero-order valence-corrected chi connectivity index (χ0v) is 20.6. The molecule has 0 aliphatic rings. The van der Waals surface area contributed by atoms with Crippen LogP contribution in [0.2, 0.25) is 0 Å². The minimum atomic E-state index is 0.204. The summed E-state index contributed by atoms with van der Waals surface area (Å²) in [7, 11) is 0. The molecule has 4 heteroatoms. The summed E-state index contributed by atoms with van der Waals surface area (Å²) in [5, 5.41) is 10.6. The Bertz CT molecular complexity index is 1630. The van der Waals surface area contributed by atoms with Crippen LogP contribution in [0.4, 0.5) is 17.2 Å². The first kappa shape index (κ1) is 23.2. The van der Waals surface area contributed by atoms with Crippen LogP contribution in [0.25, 0.3) is 33.6 Å². The molecule has 0 amide bonds. The van der Waals surface area contributed by atoms with Crippen molar-refractivity contribution in [1.82, 2.24) is 9.97 Å². The molecule has 0 atom stereocenters. The van der Waals surface area contributed by atoms with Gasteiger partial charge in [0.05, 0.1) is 11.4 Å². The highest BCUT2D eigenvalue weighted by atomic mass is 16.3. The van der Waals surface area contributed by atoms with Gasteiger partial charge in [-0.15, -0.1) is 0 Å². The minimum Gasteiger partial charge on any atom is -0.507 e. The number of aromatic nitrogens is 2. The van der Waals surface area contributed by atoms with Gasteiger partial charge in [-0.1, -0.05) is 78.9 Å². The fourth-order valence-corrected chi connectivity index (χ4v) is 4.58. The third-order valence-corrected chi connectivity index (χ3v) is 6.41. The Labute approximate surface area is 222 Å². The summed E-state index contributed by atoms with van der Waals surface area (Å²) in [6, 6.07) is 46.1. The molecule has 0 radical (unpaired) electrons. The maximum absolute atomic E-state index is 10.6. The first-order chi connectivity index (χ1) is 18.8. The van der Waals surface area contributed by atoms with Crippen molar-refractivity contribution in [2.24, 2.45) is 0 Å². The highest BCUT2D eigenvalue weighted by Crippen LogP contribution is 2.37. The van der Waals surface area contributed by atoms with Crippen molar-refractivity contribution < 1.29 is 5.11 Å². The van der Waals surface area contributed by atoms with Crippen molar-refractivity contribution in [2.75, 3.05) is 4.90 Å². The van der Waals surface area contributed by atoms with E-state index < -0.39 is 0 Å². The molecule has 0 spiro atoms. The fraction of sp³-hybridized carbons (Fsp3) is 0. The third-order valence-electron chi connectivity index (χ3n) is 6.41. The quantitative estimate of drug-likeness (QED) is 0.253. The number of para-hydroxylation sites is 2. The molecule has 0 fully saturated rings. The maximum Gasteiger partial charge on any atom is 0.137 e. The van der Waals surface area contributed by atoms with Gasteiger partial charge in [-0.3, -0.25) is 4.90 Å². The molecule has 1 N–H and O–H groups in total. The number of rotatable bonds is 6. The number of pyridine rings is 2. The van der Waals surface area contributed by atoms with E-state index in [0.717, 1.165) is 45.3 Å². The van der Waals surface area contributed by atoms with Crippen LogP contribution < -0.4 is 4.90 Å². The van der Waals surface area contributed by atoms with Crippen LogP contribution in [0.1, 0.15) is 0 Å². The summed E-state index contributed by atoms with van der Waals surface area (Å²) in [6.45, 7) is 0. The molecular weight excluding hydrogens is 466 g/mol. The molecule has 6 aromatic rings. The summed E-state index contributed by atoms with van der Waals surface area (Å²) >= 11 is 0. The van der Waals surface area contributed by atoms with E-state index in [1.165, 1.54) is 0 Å². The Balaban J connectivity index is 1.51. The normalized spacial score (nSPS) is 10.7. The molecule has 0 aliphatic carbocycles. The Kier molecular flexibility index (Phi) is 6.35. The van der Waals surface area contributed by atoms with E-state index in [1.807, 2.05) is 84.9 Å². The lowest BCUT2D eigenvalue weighted by molar-refractivity contribution is 0.477. The molecule has 38 heavy (non-hydrogen) atoms. The summed E-state index contributed by atoms with van der Waals surface area (Å²) in [5.74, 6) is 1.03. The van der Waals surface area contributed by atoms with E-state index in [4.69, 9.17) is 4.98 Å². The summed E-state index contributed by atoms with van der Waals surface area (Å²) < 4.78 is 0. The van der Waals surface area contributed by atoms with E-state index in [0.29, 0.717) is 5.56 Å². The SMILES string of the molecule is Oc1ccccc1-c1cc(-c2ccccc2)cc(-c2cccc(N(c3ccccc3)c3ccccn3)c2)n1. The van der Waals surface area contributed by atoms with Crippen LogP contribution in [-0.2, 0) is 0 Å². The molecule has 182 valence electrons. The van der Waals surface area contributed by atoms with Crippen LogP contribution in [-0.4, -0.2) is 15.1 Å². The van der Waals surface area contributed by atoms with Crippen LogP contribution >= 0.6 is 0 Å². The predicted octanol–water partition coefficient (Wildman–Crippen LogP) is 8.65. The topological polar surface area (TPSA) is 49.2 Å². The average molecular weight is 492 g/mol. The van der Waals surface area contributed by atoms with Gasteiger partial charge in [0, 0.05) is 28.7 Å². The lowest BCUT2D eigenvalue weighted by atomic mass is 9.99. The van der Waals surface area contributed by atoms with Gasteiger partial charge in [0.25, 0.3) is 0 Å². The number of benzene rings is 4. The van der Waals surface area contributed by atoms with Crippen molar-refractivity contribution in [3.8, 4) is 39.4 Å². The van der Waals surface area contributed by atoms with Gasteiger partial charge in [0.15, 0.2) is 0 Å². The molecule has 4 nitrogen and oxygen atoms in total. The zero-order valence-electron chi connectivity index (χ0n) is 20.6. The number of hydrogen-bond acceptors (Lipinski definition) is 4. The van der Waals surface area contributed by atoms with Gasteiger partial charge >= 0.3 is 0 Å². The number of aromatic hydroxyl groups is 1. The number of hydrogen-bond donors (Lipinski definition) is 1. The molecule has 6 rings (SSSR count). The largest absolute Gasteiger partial charge is 0.507 e. The zero-order chi connectivity index (χ0) is 25.7.